The lowest BCUT2D eigenvalue weighted by molar-refractivity contribution is -0.137. The highest BCUT2D eigenvalue weighted by Gasteiger charge is 2.14. The minimum absolute atomic E-state index is 0.289. The summed E-state index contributed by atoms with van der Waals surface area (Å²) in [5.74, 6) is 1.51. The van der Waals surface area contributed by atoms with Gasteiger partial charge in [-0.25, -0.2) is 4.79 Å². The number of nitrogens with zero attached hydrogens (tertiary/aromatic N) is 3. The third kappa shape index (κ3) is 4.09. The molecule has 0 saturated heterocycles. The van der Waals surface area contributed by atoms with Gasteiger partial charge in [0.2, 0.25) is 0 Å². The predicted molar refractivity (Wildman–Crippen MR) is 74.1 cm³/mol. The molecule has 0 atom stereocenters. The van der Waals surface area contributed by atoms with Crippen LogP contribution in [0.4, 0.5) is 0 Å². The van der Waals surface area contributed by atoms with E-state index < -0.39 is 0 Å². The Morgan fingerprint density at radius 3 is 3.16 bits per heavy atom. The zero-order chi connectivity index (χ0) is 13.5. The standard InChI is InChI=1S/C13H19N3O2S/c1-2-18-12(17)8-6-10-19-13-15-14-11-7-4-3-5-9-16(11)13/h6,8H,2-5,7,9-10H2,1H3/b8-6+. The van der Waals surface area contributed by atoms with E-state index in [1.807, 2.05) is 0 Å². The smallest absolute Gasteiger partial charge is 0.330 e. The molecule has 0 amide bonds. The maximum atomic E-state index is 11.1. The van der Waals surface area contributed by atoms with E-state index >= 15 is 0 Å². The minimum Gasteiger partial charge on any atom is -0.463 e. The number of hydrogen-bond donors (Lipinski definition) is 0. The molecule has 5 nitrogen and oxygen atoms in total. The molecule has 0 N–H and O–H groups in total. The summed E-state index contributed by atoms with van der Waals surface area (Å²) in [6.07, 6.45) is 7.95. The summed E-state index contributed by atoms with van der Waals surface area (Å²) >= 11 is 1.61. The summed E-state index contributed by atoms with van der Waals surface area (Å²) in [6, 6.07) is 0. The average molecular weight is 281 g/mol. The summed E-state index contributed by atoms with van der Waals surface area (Å²) in [7, 11) is 0. The number of hydrogen-bond acceptors (Lipinski definition) is 5. The van der Waals surface area contributed by atoms with Crippen LogP contribution in [0.5, 0.6) is 0 Å². The van der Waals surface area contributed by atoms with Crippen LogP contribution < -0.4 is 0 Å². The van der Waals surface area contributed by atoms with Crippen LogP contribution in [0, 0.1) is 0 Å². The quantitative estimate of drug-likeness (QED) is 0.470. The van der Waals surface area contributed by atoms with E-state index in [-0.39, 0.29) is 5.97 Å². The molecule has 1 aromatic heterocycles. The lowest BCUT2D eigenvalue weighted by atomic mass is 10.2. The molecule has 0 saturated carbocycles. The van der Waals surface area contributed by atoms with Gasteiger partial charge in [-0.3, -0.25) is 0 Å². The lowest BCUT2D eigenvalue weighted by Gasteiger charge is -2.04. The van der Waals surface area contributed by atoms with Crippen molar-refractivity contribution in [3.05, 3.63) is 18.0 Å². The Hall–Kier alpha value is -1.30. The van der Waals surface area contributed by atoms with Crippen LogP contribution in [-0.2, 0) is 22.5 Å². The fraction of sp³-hybridized carbons (Fsp3) is 0.615. The molecule has 0 aliphatic carbocycles. The van der Waals surface area contributed by atoms with Crippen molar-refractivity contribution in [2.75, 3.05) is 12.4 Å². The van der Waals surface area contributed by atoms with Gasteiger partial charge in [0, 0.05) is 24.8 Å². The van der Waals surface area contributed by atoms with Gasteiger partial charge in [0.15, 0.2) is 5.16 Å². The Labute approximate surface area is 117 Å². The summed E-state index contributed by atoms with van der Waals surface area (Å²) in [4.78, 5) is 11.1. The molecular weight excluding hydrogens is 262 g/mol. The number of ether oxygens (including phenoxy) is 1. The first-order valence-electron chi connectivity index (χ1n) is 6.69. The fourth-order valence-corrected chi connectivity index (χ4v) is 2.82. The third-order valence-corrected chi connectivity index (χ3v) is 3.84. The van der Waals surface area contributed by atoms with Gasteiger partial charge in [0.25, 0.3) is 0 Å². The molecule has 0 aromatic carbocycles. The molecule has 104 valence electrons. The number of fused-ring (bicyclic) bond motifs is 1. The zero-order valence-electron chi connectivity index (χ0n) is 11.2. The summed E-state index contributed by atoms with van der Waals surface area (Å²) in [5.41, 5.74) is 0. The van der Waals surface area contributed by atoms with Crippen molar-refractivity contribution in [3.63, 3.8) is 0 Å². The highest BCUT2D eigenvalue weighted by molar-refractivity contribution is 7.99. The second-order valence-electron chi connectivity index (χ2n) is 4.33. The predicted octanol–water partition coefficient (Wildman–Crippen LogP) is 2.22. The summed E-state index contributed by atoms with van der Waals surface area (Å²) < 4.78 is 7.02. The van der Waals surface area contributed by atoms with Gasteiger partial charge in [0.1, 0.15) is 5.82 Å². The van der Waals surface area contributed by atoms with Crippen LogP contribution in [0.2, 0.25) is 0 Å². The Balaban J connectivity index is 1.86. The van der Waals surface area contributed by atoms with Crippen LogP contribution in [-0.4, -0.2) is 33.1 Å². The van der Waals surface area contributed by atoms with Crippen LogP contribution in [0.3, 0.4) is 0 Å². The summed E-state index contributed by atoms with van der Waals surface area (Å²) in [5, 5.41) is 9.40. The van der Waals surface area contributed by atoms with E-state index in [9.17, 15) is 4.79 Å². The van der Waals surface area contributed by atoms with E-state index in [4.69, 9.17) is 4.74 Å². The molecule has 6 heteroatoms. The number of carbonyl (C=O) groups is 1. The Kier molecular flexibility index (Phi) is 5.44. The molecule has 1 aliphatic rings. The zero-order valence-corrected chi connectivity index (χ0v) is 12.0. The molecule has 0 bridgehead atoms. The first kappa shape index (κ1) is 14.1. The van der Waals surface area contributed by atoms with Crippen molar-refractivity contribution in [1.29, 1.82) is 0 Å². The normalized spacial score (nSPS) is 15.2. The van der Waals surface area contributed by atoms with E-state index in [1.54, 1.807) is 24.8 Å². The molecule has 1 aliphatic heterocycles. The van der Waals surface area contributed by atoms with Crippen LogP contribution >= 0.6 is 11.8 Å². The fourth-order valence-electron chi connectivity index (χ4n) is 2.02. The van der Waals surface area contributed by atoms with Crippen molar-refractivity contribution >= 4 is 17.7 Å². The van der Waals surface area contributed by atoms with Crippen LogP contribution in [0.25, 0.3) is 0 Å². The van der Waals surface area contributed by atoms with Crippen molar-refractivity contribution in [2.24, 2.45) is 0 Å². The number of carbonyl (C=O) groups excluding carboxylic acids is 1. The first-order chi connectivity index (χ1) is 9.31. The molecular formula is C13H19N3O2S. The highest BCUT2D eigenvalue weighted by Crippen LogP contribution is 2.21. The van der Waals surface area contributed by atoms with Gasteiger partial charge in [-0.15, -0.1) is 10.2 Å². The lowest BCUT2D eigenvalue weighted by Crippen LogP contribution is -2.02. The van der Waals surface area contributed by atoms with E-state index in [0.29, 0.717) is 12.4 Å². The maximum Gasteiger partial charge on any atom is 0.330 e. The number of esters is 1. The monoisotopic (exact) mass is 281 g/mol. The molecule has 2 rings (SSSR count). The number of thioether (sulfide) groups is 1. The van der Waals surface area contributed by atoms with Crippen molar-refractivity contribution in [2.45, 2.75) is 44.3 Å². The molecule has 19 heavy (non-hydrogen) atoms. The van der Waals surface area contributed by atoms with Crippen LogP contribution in [0.1, 0.15) is 32.0 Å². The minimum atomic E-state index is -0.289. The van der Waals surface area contributed by atoms with Crippen LogP contribution in [0.15, 0.2) is 17.3 Å². The highest BCUT2D eigenvalue weighted by atomic mass is 32.2. The number of aromatic nitrogens is 3. The maximum absolute atomic E-state index is 11.1. The average Bonchev–Trinajstić information content (AvgIpc) is 2.63. The number of aryl methyl sites for hydroxylation is 1. The van der Waals surface area contributed by atoms with Gasteiger partial charge in [-0.05, 0) is 19.8 Å². The van der Waals surface area contributed by atoms with Crippen molar-refractivity contribution < 1.29 is 9.53 Å². The largest absolute Gasteiger partial charge is 0.463 e. The topological polar surface area (TPSA) is 57.0 Å². The van der Waals surface area contributed by atoms with E-state index in [2.05, 4.69) is 14.8 Å². The molecule has 2 heterocycles. The SMILES string of the molecule is CCOC(=O)/C=C/CSc1nnc2n1CCCCC2. The van der Waals surface area contributed by atoms with Crippen molar-refractivity contribution in [1.82, 2.24) is 14.8 Å². The van der Waals surface area contributed by atoms with Gasteiger partial charge in [0.05, 0.1) is 6.61 Å². The van der Waals surface area contributed by atoms with Gasteiger partial charge in [-0.1, -0.05) is 24.3 Å². The first-order valence-corrected chi connectivity index (χ1v) is 7.68. The molecule has 0 spiro atoms. The third-order valence-electron chi connectivity index (χ3n) is 2.92. The Bertz CT molecular complexity index is 457. The molecule has 1 aromatic rings. The summed E-state index contributed by atoms with van der Waals surface area (Å²) in [6.45, 7) is 3.21. The Morgan fingerprint density at radius 1 is 1.42 bits per heavy atom. The molecule has 0 radical (unpaired) electrons. The Morgan fingerprint density at radius 2 is 2.32 bits per heavy atom. The van der Waals surface area contributed by atoms with E-state index in [0.717, 1.165) is 23.9 Å². The molecule has 0 fully saturated rings. The van der Waals surface area contributed by atoms with Gasteiger partial charge >= 0.3 is 5.97 Å². The second kappa shape index (κ2) is 7.33. The molecule has 0 unspecified atom stereocenters. The van der Waals surface area contributed by atoms with Gasteiger partial charge in [-0.2, -0.15) is 0 Å². The number of rotatable bonds is 5. The van der Waals surface area contributed by atoms with Crippen molar-refractivity contribution in [3.8, 4) is 0 Å². The second-order valence-corrected chi connectivity index (χ2v) is 5.31. The van der Waals surface area contributed by atoms with Gasteiger partial charge < -0.3 is 9.30 Å². The van der Waals surface area contributed by atoms with E-state index in [1.165, 1.54) is 25.3 Å².